The minimum atomic E-state index is -4.53. The van der Waals surface area contributed by atoms with Crippen LogP contribution >= 0.6 is 7.60 Å². The SMILES string of the molecule is COc1cccc(C(Nc2ccc3c(c2)NC(=O)C(C)O3)P(=O)(O)O)c1. The third-order valence-electron chi connectivity index (χ3n) is 3.96. The molecule has 26 heavy (non-hydrogen) atoms. The van der Waals surface area contributed by atoms with Gasteiger partial charge in [-0.3, -0.25) is 9.36 Å². The number of fused-ring (bicyclic) bond motifs is 1. The summed E-state index contributed by atoms with van der Waals surface area (Å²) >= 11 is 0. The molecule has 1 amide bonds. The Morgan fingerprint density at radius 3 is 2.73 bits per heavy atom. The maximum atomic E-state index is 12.0. The van der Waals surface area contributed by atoms with E-state index in [1.165, 1.54) is 7.11 Å². The molecule has 0 saturated heterocycles. The second-order valence-electron chi connectivity index (χ2n) is 5.87. The van der Waals surface area contributed by atoms with Crippen molar-refractivity contribution in [1.82, 2.24) is 0 Å². The molecule has 0 spiro atoms. The zero-order valence-electron chi connectivity index (χ0n) is 14.2. The van der Waals surface area contributed by atoms with Gasteiger partial charge in [-0.2, -0.15) is 0 Å². The number of amides is 1. The minimum Gasteiger partial charge on any atom is -0.497 e. The van der Waals surface area contributed by atoms with Gasteiger partial charge in [0.1, 0.15) is 11.5 Å². The van der Waals surface area contributed by atoms with E-state index in [-0.39, 0.29) is 5.91 Å². The molecule has 2 aromatic rings. The molecule has 0 saturated carbocycles. The first-order chi connectivity index (χ1) is 12.3. The number of rotatable bonds is 5. The van der Waals surface area contributed by atoms with Crippen LogP contribution in [0.25, 0.3) is 0 Å². The van der Waals surface area contributed by atoms with E-state index < -0.39 is 19.5 Å². The van der Waals surface area contributed by atoms with Crippen molar-refractivity contribution >= 4 is 24.9 Å². The molecular formula is C17H19N2O6P. The smallest absolute Gasteiger partial charge is 0.352 e. The summed E-state index contributed by atoms with van der Waals surface area (Å²) in [5.74, 6) is -0.566. The highest BCUT2D eigenvalue weighted by Crippen LogP contribution is 2.52. The second-order valence-corrected chi connectivity index (χ2v) is 7.57. The van der Waals surface area contributed by atoms with Gasteiger partial charge in [-0.1, -0.05) is 12.1 Å². The number of carbonyl (C=O) groups is 1. The summed E-state index contributed by atoms with van der Waals surface area (Å²) in [7, 11) is -3.05. The van der Waals surface area contributed by atoms with Crippen LogP contribution in [0.3, 0.4) is 0 Å². The summed E-state index contributed by atoms with van der Waals surface area (Å²) in [6.45, 7) is 1.64. The third kappa shape index (κ3) is 3.83. The number of hydrogen-bond donors (Lipinski definition) is 4. The van der Waals surface area contributed by atoms with Crippen molar-refractivity contribution < 1.29 is 28.6 Å². The van der Waals surface area contributed by atoms with Gasteiger partial charge in [-0.15, -0.1) is 0 Å². The first-order valence-electron chi connectivity index (χ1n) is 7.85. The Morgan fingerprint density at radius 2 is 2.04 bits per heavy atom. The largest absolute Gasteiger partial charge is 0.497 e. The molecule has 138 valence electrons. The average molecular weight is 378 g/mol. The highest BCUT2D eigenvalue weighted by molar-refractivity contribution is 7.52. The fourth-order valence-electron chi connectivity index (χ4n) is 2.63. The number of benzene rings is 2. The molecule has 1 heterocycles. The van der Waals surface area contributed by atoms with E-state index in [2.05, 4.69) is 10.6 Å². The number of carbonyl (C=O) groups excluding carboxylic acids is 1. The third-order valence-corrected chi connectivity index (χ3v) is 5.06. The quantitative estimate of drug-likeness (QED) is 0.591. The molecule has 1 aliphatic heterocycles. The van der Waals surface area contributed by atoms with E-state index in [0.29, 0.717) is 28.4 Å². The second kappa shape index (κ2) is 6.99. The van der Waals surface area contributed by atoms with Crippen LogP contribution < -0.4 is 20.1 Å². The molecular weight excluding hydrogens is 359 g/mol. The van der Waals surface area contributed by atoms with Crippen molar-refractivity contribution in [3.05, 3.63) is 48.0 Å². The van der Waals surface area contributed by atoms with E-state index in [9.17, 15) is 19.1 Å². The number of ether oxygens (including phenoxy) is 2. The van der Waals surface area contributed by atoms with Crippen LogP contribution in [0.2, 0.25) is 0 Å². The van der Waals surface area contributed by atoms with Crippen LogP contribution in [0.1, 0.15) is 18.3 Å². The monoisotopic (exact) mass is 378 g/mol. The maximum Gasteiger partial charge on any atom is 0.352 e. The predicted molar refractivity (Wildman–Crippen MR) is 96.6 cm³/mol. The highest BCUT2D eigenvalue weighted by atomic mass is 31.2. The van der Waals surface area contributed by atoms with Gasteiger partial charge in [0.25, 0.3) is 5.91 Å². The Morgan fingerprint density at radius 1 is 1.27 bits per heavy atom. The summed E-state index contributed by atoms with van der Waals surface area (Å²) in [5.41, 5.74) is 1.25. The Bertz CT molecular complexity index is 881. The first kappa shape index (κ1) is 18.3. The Hall–Kier alpha value is -2.54. The van der Waals surface area contributed by atoms with Crippen molar-refractivity contribution in [2.75, 3.05) is 17.7 Å². The van der Waals surface area contributed by atoms with E-state index in [0.717, 1.165) is 0 Å². The molecule has 0 fully saturated rings. The number of hydrogen-bond acceptors (Lipinski definition) is 5. The molecule has 9 heteroatoms. The fourth-order valence-corrected chi connectivity index (χ4v) is 3.50. The van der Waals surface area contributed by atoms with Gasteiger partial charge in [0.05, 0.1) is 12.8 Å². The maximum absolute atomic E-state index is 12.0. The summed E-state index contributed by atoms with van der Waals surface area (Å²) in [6, 6.07) is 11.3. The molecule has 3 rings (SSSR count). The topological polar surface area (TPSA) is 117 Å². The van der Waals surface area contributed by atoms with Gasteiger partial charge in [-0.05, 0) is 42.8 Å². The summed E-state index contributed by atoms with van der Waals surface area (Å²) < 4.78 is 22.6. The van der Waals surface area contributed by atoms with E-state index in [4.69, 9.17) is 9.47 Å². The number of nitrogens with one attached hydrogen (secondary N) is 2. The zero-order chi connectivity index (χ0) is 18.9. The van der Waals surface area contributed by atoms with Crippen molar-refractivity contribution in [2.45, 2.75) is 18.8 Å². The number of methoxy groups -OCH3 is 1. The van der Waals surface area contributed by atoms with Gasteiger partial charge in [0.2, 0.25) is 0 Å². The van der Waals surface area contributed by atoms with Gasteiger partial charge < -0.3 is 29.9 Å². The molecule has 2 atom stereocenters. The van der Waals surface area contributed by atoms with Crippen molar-refractivity contribution in [2.24, 2.45) is 0 Å². The van der Waals surface area contributed by atoms with Crippen LogP contribution in [-0.2, 0) is 9.36 Å². The molecule has 2 aromatic carbocycles. The lowest BCUT2D eigenvalue weighted by molar-refractivity contribution is -0.122. The molecule has 2 unspecified atom stereocenters. The lowest BCUT2D eigenvalue weighted by Gasteiger charge is -2.25. The van der Waals surface area contributed by atoms with Crippen LogP contribution in [0.15, 0.2) is 42.5 Å². The van der Waals surface area contributed by atoms with Crippen molar-refractivity contribution in [1.29, 1.82) is 0 Å². The van der Waals surface area contributed by atoms with E-state index >= 15 is 0 Å². The van der Waals surface area contributed by atoms with Gasteiger partial charge in [-0.25, -0.2) is 0 Å². The zero-order valence-corrected chi connectivity index (χ0v) is 15.1. The van der Waals surface area contributed by atoms with Crippen molar-refractivity contribution in [3.63, 3.8) is 0 Å². The highest BCUT2D eigenvalue weighted by Gasteiger charge is 2.31. The Balaban J connectivity index is 1.92. The van der Waals surface area contributed by atoms with Crippen molar-refractivity contribution in [3.8, 4) is 11.5 Å². The molecule has 0 radical (unpaired) electrons. The van der Waals surface area contributed by atoms with Gasteiger partial charge >= 0.3 is 7.60 Å². The standard InChI is InChI=1S/C17H19N2O6P/c1-10-16(20)19-14-9-12(6-7-15(14)25-10)18-17(26(21,22)23)11-4-3-5-13(8-11)24-2/h3-10,17-18H,1-2H3,(H,19,20)(H2,21,22,23). The summed E-state index contributed by atoms with van der Waals surface area (Å²) in [5, 5.41) is 5.54. The fraction of sp³-hybridized carbons (Fsp3) is 0.235. The normalized spacial score (nSPS) is 17.5. The summed E-state index contributed by atoms with van der Waals surface area (Å²) in [4.78, 5) is 31.3. The Labute approximate surface area is 150 Å². The molecule has 0 bridgehead atoms. The van der Waals surface area contributed by atoms with Crippen LogP contribution in [-0.4, -0.2) is 28.9 Å². The molecule has 0 aliphatic carbocycles. The molecule has 8 nitrogen and oxygen atoms in total. The number of anilines is 2. The van der Waals surface area contributed by atoms with Gasteiger partial charge in [0, 0.05) is 5.69 Å². The minimum absolute atomic E-state index is 0.283. The molecule has 4 N–H and O–H groups in total. The predicted octanol–water partition coefficient (Wildman–Crippen LogP) is 2.70. The lowest BCUT2D eigenvalue weighted by atomic mass is 10.2. The van der Waals surface area contributed by atoms with Crippen LogP contribution in [0.4, 0.5) is 11.4 Å². The lowest BCUT2D eigenvalue weighted by Crippen LogP contribution is -2.34. The van der Waals surface area contributed by atoms with Crippen LogP contribution in [0.5, 0.6) is 11.5 Å². The average Bonchev–Trinajstić information content (AvgIpc) is 2.60. The van der Waals surface area contributed by atoms with E-state index in [1.54, 1.807) is 49.4 Å². The van der Waals surface area contributed by atoms with Gasteiger partial charge in [0.15, 0.2) is 11.9 Å². The molecule has 1 aliphatic rings. The van der Waals surface area contributed by atoms with E-state index in [1.807, 2.05) is 0 Å². The first-order valence-corrected chi connectivity index (χ1v) is 9.53. The molecule has 0 aromatic heterocycles. The summed E-state index contributed by atoms with van der Waals surface area (Å²) in [6.07, 6.45) is -0.596. The Kier molecular flexibility index (Phi) is 4.91. The van der Waals surface area contributed by atoms with Crippen LogP contribution in [0, 0.1) is 0 Å².